The largest absolute Gasteiger partial charge is 0.497 e. The third-order valence-corrected chi connectivity index (χ3v) is 3.63. The maximum atomic E-state index is 10.3. The molecule has 1 aliphatic heterocycles. The predicted octanol–water partition coefficient (Wildman–Crippen LogP) is 1.96. The monoisotopic (exact) mass is 225 g/mol. The smallest absolute Gasteiger partial charge is 0.110 e. The van der Waals surface area contributed by atoms with Gasteiger partial charge in [-0.15, -0.1) is 0 Å². The molecule has 0 saturated heterocycles. The average molecular weight is 225 g/mol. The van der Waals surface area contributed by atoms with Gasteiger partial charge < -0.3 is 15.2 Å². The number of hydrogen-bond donors (Lipinski definition) is 2. The summed E-state index contributed by atoms with van der Waals surface area (Å²) in [5, 5.41) is 13.6. The Bertz CT molecular complexity index is 234. The van der Waals surface area contributed by atoms with Gasteiger partial charge in [-0.25, -0.2) is 0 Å². The van der Waals surface area contributed by atoms with Crippen molar-refractivity contribution in [2.24, 2.45) is 0 Å². The van der Waals surface area contributed by atoms with E-state index in [1.165, 1.54) is 19.3 Å². The Morgan fingerprint density at radius 1 is 1.31 bits per heavy atom. The zero-order valence-corrected chi connectivity index (χ0v) is 9.95. The van der Waals surface area contributed by atoms with Crippen LogP contribution >= 0.6 is 0 Å². The summed E-state index contributed by atoms with van der Waals surface area (Å²) in [7, 11) is 0. The summed E-state index contributed by atoms with van der Waals surface area (Å²) >= 11 is 0. The summed E-state index contributed by atoms with van der Waals surface area (Å²) in [6, 6.07) is 0. The second-order valence-corrected chi connectivity index (χ2v) is 5.12. The highest BCUT2D eigenvalue weighted by Crippen LogP contribution is 2.27. The van der Waals surface area contributed by atoms with Crippen molar-refractivity contribution in [3.8, 4) is 0 Å². The normalized spacial score (nSPS) is 28.7. The fourth-order valence-corrected chi connectivity index (χ4v) is 2.59. The van der Waals surface area contributed by atoms with E-state index in [4.69, 9.17) is 4.74 Å². The quantitative estimate of drug-likeness (QED) is 0.768. The summed E-state index contributed by atoms with van der Waals surface area (Å²) in [5.41, 5.74) is -0.456. The first kappa shape index (κ1) is 11.9. The van der Waals surface area contributed by atoms with E-state index >= 15 is 0 Å². The molecule has 0 spiro atoms. The molecule has 0 aromatic rings. The Hall–Kier alpha value is -0.540. The van der Waals surface area contributed by atoms with Crippen LogP contribution in [0, 0.1) is 0 Å². The molecular weight excluding hydrogens is 202 g/mol. The second kappa shape index (κ2) is 5.69. The standard InChI is InChI=1S/C13H23NO2/c15-13(7-3-1-4-8-13)11-14-10-12-6-2-5-9-16-12/h5,9,12,14-15H,1-4,6-8,10-11H2. The van der Waals surface area contributed by atoms with E-state index in [2.05, 4.69) is 11.4 Å². The van der Waals surface area contributed by atoms with Gasteiger partial charge >= 0.3 is 0 Å². The number of rotatable bonds is 4. The topological polar surface area (TPSA) is 41.5 Å². The predicted molar refractivity (Wildman–Crippen MR) is 64.2 cm³/mol. The Morgan fingerprint density at radius 3 is 2.81 bits per heavy atom. The van der Waals surface area contributed by atoms with Gasteiger partial charge in [0.05, 0.1) is 11.9 Å². The summed E-state index contributed by atoms with van der Waals surface area (Å²) in [6.07, 6.45) is 11.9. The molecule has 0 bridgehead atoms. The van der Waals surface area contributed by atoms with Crippen molar-refractivity contribution in [1.82, 2.24) is 5.32 Å². The number of aliphatic hydroxyl groups is 1. The van der Waals surface area contributed by atoms with Crippen molar-refractivity contribution in [2.45, 2.75) is 56.7 Å². The molecule has 1 atom stereocenters. The van der Waals surface area contributed by atoms with Crippen LogP contribution in [0.25, 0.3) is 0 Å². The molecule has 3 heteroatoms. The minimum absolute atomic E-state index is 0.289. The fourth-order valence-electron chi connectivity index (χ4n) is 2.59. The lowest BCUT2D eigenvalue weighted by Crippen LogP contribution is -2.44. The third-order valence-electron chi connectivity index (χ3n) is 3.63. The van der Waals surface area contributed by atoms with Gasteiger partial charge in [0.1, 0.15) is 6.10 Å². The maximum absolute atomic E-state index is 10.3. The molecule has 2 rings (SSSR count). The molecule has 1 saturated carbocycles. The van der Waals surface area contributed by atoms with Crippen LogP contribution in [0.3, 0.4) is 0 Å². The van der Waals surface area contributed by atoms with Gasteiger partial charge in [0.15, 0.2) is 0 Å². The Balaban J connectivity index is 1.64. The van der Waals surface area contributed by atoms with Crippen LogP contribution < -0.4 is 5.32 Å². The molecule has 2 N–H and O–H groups in total. The highest BCUT2D eigenvalue weighted by Gasteiger charge is 2.28. The van der Waals surface area contributed by atoms with E-state index < -0.39 is 5.60 Å². The van der Waals surface area contributed by atoms with E-state index in [-0.39, 0.29) is 6.10 Å². The number of allylic oxidation sites excluding steroid dienone is 1. The third kappa shape index (κ3) is 3.49. The van der Waals surface area contributed by atoms with Crippen molar-refractivity contribution in [3.05, 3.63) is 12.3 Å². The summed E-state index contributed by atoms with van der Waals surface area (Å²) in [5.74, 6) is 0. The van der Waals surface area contributed by atoms with Crippen molar-refractivity contribution in [1.29, 1.82) is 0 Å². The first-order valence-electron chi connectivity index (χ1n) is 6.52. The van der Waals surface area contributed by atoms with Gasteiger partial charge in [-0.1, -0.05) is 19.3 Å². The summed E-state index contributed by atoms with van der Waals surface area (Å²) < 4.78 is 5.48. The lowest BCUT2D eigenvalue weighted by molar-refractivity contribution is 0.00179. The molecule has 0 aromatic carbocycles. The van der Waals surface area contributed by atoms with Gasteiger partial charge in [0.25, 0.3) is 0 Å². The number of hydrogen-bond acceptors (Lipinski definition) is 3. The molecule has 92 valence electrons. The summed E-state index contributed by atoms with van der Waals surface area (Å²) in [6.45, 7) is 1.57. The molecule has 0 amide bonds. The molecule has 0 aromatic heterocycles. The lowest BCUT2D eigenvalue weighted by Gasteiger charge is -2.33. The van der Waals surface area contributed by atoms with E-state index in [0.29, 0.717) is 0 Å². The SMILES string of the molecule is OC1(CNCC2CCC=CO2)CCCCC1. The minimum atomic E-state index is -0.456. The molecule has 16 heavy (non-hydrogen) atoms. The van der Waals surface area contributed by atoms with E-state index in [1.807, 2.05) is 0 Å². The molecule has 1 unspecified atom stereocenters. The zero-order valence-electron chi connectivity index (χ0n) is 9.95. The van der Waals surface area contributed by atoms with Crippen LogP contribution in [0.5, 0.6) is 0 Å². The van der Waals surface area contributed by atoms with Crippen molar-refractivity contribution >= 4 is 0 Å². The molecule has 0 radical (unpaired) electrons. The lowest BCUT2D eigenvalue weighted by atomic mass is 9.85. The van der Waals surface area contributed by atoms with Gasteiger partial charge in [0, 0.05) is 13.1 Å². The number of nitrogens with one attached hydrogen (secondary N) is 1. The van der Waals surface area contributed by atoms with E-state index in [9.17, 15) is 5.11 Å². The van der Waals surface area contributed by atoms with Crippen LogP contribution in [0.4, 0.5) is 0 Å². The minimum Gasteiger partial charge on any atom is -0.497 e. The van der Waals surface area contributed by atoms with Crippen LogP contribution in [-0.2, 0) is 4.74 Å². The average Bonchev–Trinajstić information content (AvgIpc) is 2.31. The Labute approximate surface area is 97.9 Å². The molecule has 1 fully saturated rings. The summed E-state index contributed by atoms with van der Waals surface area (Å²) in [4.78, 5) is 0. The Kier molecular flexibility index (Phi) is 4.24. The molecule has 3 nitrogen and oxygen atoms in total. The van der Waals surface area contributed by atoms with Crippen LogP contribution in [0.1, 0.15) is 44.9 Å². The van der Waals surface area contributed by atoms with Crippen LogP contribution in [0.2, 0.25) is 0 Å². The molecule has 1 heterocycles. The van der Waals surface area contributed by atoms with Crippen molar-refractivity contribution in [2.75, 3.05) is 13.1 Å². The van der Waals surface area contributed by atoms with Gasteiger partial charge in [-0.2, -0.15) is 0 Å². The van der Waals surface area contributed by atoms with Gasteiger partial charge in [0.2, 0.25) is 0 Å². The van der Waals surface area contributed by atoms with E-state index in [0.717, 1.165) is 38.8 Å². The first-order valence-corrected chi connectivity index (χ1v) is 6.52. The molecule has 1 aliphatic carbocycles. The highest BCUT2D eigenvalue weighted by atomic mass is 16.5. The van der Waals surface area contributed by atoms with Crippen molar-refractivity contribution < 1.29 is 9.84 Å². The van der Waals surface area contributed by atoms with Crippen LogP contribution in [0.15, 0.2) is 12.3 Å². The van der Waals surface area contributed by atoms with Gasteiger partial charge in [-0.3, -0.25) is 0 Å². The first-order chi connectivity index (χ1) is 7.79. The molecule has 2 aliphatic rings. The zero-order chi connectivity index (χ0) is 11.3. The number of ether oxygens (including phenoxy) is 1. The van der Waals surface area contributed by atoms with Crippen molar-refractivity contribution in [3.63, 3.8) is 0 Å². The Morgan fingerprint density at radius 2 is 2.12 bits per heavy atom. The van der Waals surface area contributed by atoms with E-state index in [1.54, 1.807) is 6.26 Å². The van der Waals surface area contributed by atoms with Crippen LogP contribution in [-0.4, -0.2) is 29.9 Å². The molecular formula is C13H23NO2. The maximum Gasteiger partial charge on any atom is 0.110 e. The fraction of sp³-hybridized carbons (Fsp3) is 0.846. The van der Waals surface area contributed by atoms with Gasteiger partial charge in [-0.05, 0) is 31.8 Å². The highest BCUT2D eigenvalue weighted by molar-refractivity contribution is 4.86. The second-order valence-electron chi connectivity index (χ2n) is 5.12.